The number of morpholine rings is 1. The number of nitrogens with zero attached hydrogens (tertiary/aromatic N) is 1. The normalized spacial score (nSPS) is 15.0. The van der Waals surface area contributed by atoms with E-state index in [1.165, 1.54) is 15.9 Å². The average Bonchev–Trinajstić information content (AvgIpc) is 3.32. The Morgan fingerprint density at radius 3 is 2.68 bits per heavy atom. The molecule has 0 bridgehead atoms. The maximum absolute atomic E-state index is 13.0. The van der Waals surface area contributed by atoms with Crippen molar-refractivity contribution >= 4 is 44.7 Å². The van der Waals surface area contributed by atoms with Gasteiger partial charge in [-0.15, -0.1) is 11.8 Å². The van der Waals surface area contributed by atoms with Crippen LogP contribution in [0.15, 0.2) is 75.1 Å². The summed E-state index contributed by atoms with van der Waals surface area (Å²) in [6, 6.07) is 15.9. The van der Waals surface area contributed by atoms with Crippen molar-refractivity contribution in [3.8, 4) is 0 Å². The van der Waals surface area contributed by atoms with Crippen LogP contribution in [0, 0.1) is 0 Å². The van der Waals surface area contributed by atoms with Gasteiger partial charge >= 0.3 is 0 Å². The molecule has 162 valence electrons. The summed E-state index contributed by atoms with van der Waals surface area (Å²) in [5.41, 5.74) is 2.22. The van der Waals surface area contributed by atoms with Gasteiger partial charge in [0, 0.05) is 29.4 Å². The molecule has 0 aliphatic carbocycles. The van der Waals surface area contributed by atoms with Gasteiger partial charge in [-0.3, -0.25) is 4.79 Å². The molecule has 6 nitrogen and oxygen atoms in total. The topological polar surface area (TPSA) is 75.7 Å². The zero-order valence-corrected chi connectivity index (χ0v) is 19.1. The van der Waals surface area contributed by atoms with Gasteiger partial charge in [-0.25, -0.2) is 8.42 Å². The third-order valence-corrected chi connectivity index (χ3v) is 8.58. The molecule has 1 N–H and O–H groups in total. The maximum Gasteiger partial charge on any atom is 0.256 e. The van der Waals surface area contributed by atoms with Crippen molar-refractivity contribution in [3.63, 3.8) is 0 Å². The van der Waals surface area contributed by atoms with Gasteiger partial charge in [-0.2, -0.15) is 15.6 Å². The van der Waals surface area contributed by atoms with Crippen molar-refractivity contribution < 1.29 is 17.9 Å². The molecule has 31 heavy (non-hydrogen) atoms. The molecule has 2 aromatic carbocycles. The van der Waals surface area contributed by atoms with Gasteiger partial charge in [-0.05, 0) is 52.7 Å². The second kappa shape index (κ2) is 9.97. The number of hydrogen-bond donors (Lipinski definition) is 1. The van der Waals surface area contributed by atoms with Crippen LogP contribution in [-0.2, 0) is 20.5 Å². The van der Waals surface area contributed by atoms with Crippen LogP contribution >= 0.6 is 23.1 Å². The summed E-state index contributed by atoms with van der Waals surface area (Å²) in [6.07, 6.45) is 0. The Morgan fingerprint density at radius 1 is 1.10 bits per heavy atom. The molecule has 1 aromatic heterocycles. The second-order valence-corrected chi connectivity index (χ2v) is 10.6. The number of sulfonamides is 1. The van der Waals surface area contributed by atoms with Crippen LogP contribution in [0.25, 0.3) is 0 Å². The first-order chi connectivity index (χ1) is 15.0. The van der Waals surface area contributed by atoms with Gasteiger partial charge in [0.05, 0.1) is 23.7 Å². The monoisotopic (exact) mass is 474 g/mol. The molecular formula is C22H22N2O4S3. The van der Waals surface area contributed by atoms with Crippen molar-refractivity contribution in [1.29, 1.82) is 0 Å². The Morgan fingerprint density at radius 2 is 1.90 bits per heavy atom. The number of amides is 1. The predicted octanol–water partition coefficient (Wildman–Crippen LogP) is 4.31. The molecular weight excluding hydrogens is 452 g/mol. The Kier molecular flexibility index (Phi) is 7.09. The molecule has 2 heterocycles. The minimum atomic E-state index is -3.63. The number of carbonyl (C=O) groups excluding carboxylic acids is 1. The van der Waals surface area contributed by atoms with E-state index in [2.05, 4.69) is 16.8 Å². The van der Waals surface area contributed by atoms with Crippen molar-refractivity contribution in [2.24, 2.45) is 0 Å². The van der Waals surface area contributed by atoms with Crippen LogP contribution in [0.4, 0.5) is 5.69 Å². The first-order valence-corrected chi connectivity index (χ1v) is 13.1. The number of thiophene rings is 1. The molecule has 4 rings (SSSR count). The van der Waals surface area contributed by atoms with E-state index >= 15 is 0 Å². The lowest BCUT2D eigenvalue weighted by atomic mass is 10.2. The third-order valence-electron chi connectivity index (χ3n) is 4.81. The Balaban J connectivity index is 1.50. The second-order valence-electron chi connectivity index (χ2n) is 6.91. The summed E-state index contributed by atoms with van der Waals surface area (Å²) < 4.78 is 32.5. The fraction of sp³-hybridized carbons (Fsp3) is 0.227. The summed E-state index contributed by atoms with van der Waals surface area (Å²) in [5, 5.41) is 6.98. The highest BCUT2D eigenvalue weighted by Crippen LogP contribution is 2.28. The highest BCUT2D eigenvalue weighted by molar-refractivity contribution is 7.98. The Bertz CT molecular complexity index is 1140. The summed E-state index contributed by atoms with van der Waals surface area (Å²) in [5.74, 6) is 0.510. The van der Waals surface area contributed by atoms with Crippen molar-refractivity contribution in [3.05, 3.63) is 76.5 Å². The van der Waals surface area contributed by atoms with Gasteiger partial charge in [0.2, 0.25) is 10.0 Å². The van der Waals surface area contributed by atoms with E-state index in [9.17, 15) is 13.2 Å². The molecule has 1 aliphatic rings. The summed E-state index contributed by atoms with van der Waals surface area (Å²) in [6.45, 7) is 1.42. The van der Waals surface area contributed by atoms with E-state index in [1.807, 2.05) is 23.6 Å². The minimum absolute atomic E-state index is 0.160. The molecule has 0 unspecified atom stereocenters. The number of ether oxygens (including phenoxy) is 1. The zero-order chi connectivity index (χ0) is 21.7. The van der Waals surface area contributed by atoms with Gasteiger partial charge in [-0.1, -0.05) is 18.2 Å². The summed E-state index contributed by atoms with van der Waals surface area (Å²) >= 11 is 3.25. The molecule has 1 aliphatic heterocycles. The van der Waals surface area contributed by atoms with Gasteiger partial charge in [0.25, 0.3) is 5.91 Å². The fourth-order valence-corrected chi connectivity index (χ4v) is 6.41. The number of benzene rings is 2. The summed E-state index contributed by atoms with van der Waals surface area (Å²) in [4.78, 5) is 14.0. The molecule has 1 fully saturated rings. The third kappa shape index (κ3) is 5.36. The summed E-state index contributed by atoms with van der Waals surface area (Å²) in [7, 11) is -3.63. The number of nitrogens with one attached hydrogen (secondary N) is 1. The average molecular weight is 475 g/mol. The number of thioether (sulfide) groups is 1. The lowest BCUT2D eigenvalue weighted by Gasteiger charge is -2.26. The highest BCUT2D eigenvalue weighted by Gasteiger charge is 2.26. The molecule has 9 heteroatoms. The van der Waals surface area contributed by atoms with E-state index < -0.39 is 10.0 Å². The number of rotatable bonds is 7. The largest absolute Gasteiger partial charge is 0.379 e. The van der Waals surface area contributed by atoms with E-state index in [-0.39, 0.29) is 10.8 Å². The van der Waals surface area contributed by atoms with Crippen molar-refractivity contribution in [2.75, 3.05) is 31.6 Å². The first-order valence-electron chi connectivity index (χ1n) is 9.76. The van der Waals surface area contributed by atoms with Crippen LogP contribution in [0.3, 0.4) is 0 Å². The van der Waals surface area contributed by atoms with Gasteiger partial charge < -0.3 is 10.1 Å². The van der Waals surface area contributed by atoms with E-state index in [0.29, 0.717) is 37.6 Å². The molecule has 0 atom stereocenters. The quantitative estimate of drug-likeness (QED) is 0.517. The van der Waals surface area contributed by atoms with Gasteiger partial charge in [0.1, 0.15) is 0 Å². The maximum atomic E-state index is 13.0. The predicted molar refractivity (Wildman–Crippen MR) is 124 cm³/mol. The SMILES string of the molecule is O=C(Nc1cccc(S(=O)(=O)N2CCOCC2)c1)c1ccccc1SCc1ccsc1. The van der Waals surface area contributed by atoms with Crippen LogP contribution in [0.1, 0.15) is 15.9 Å². The standard InChI is InChI=1S/C22H22N2O4S3/c25-22(20-6-1-2-7-21(20)30-16-17-8-13-29-15-17)23-18-4-3-5-19(14-18)31(26,27)24-9-11-28-12-10-24/h1-8,13-15H,9-12,16H2,(H,23,25). The number of hydrogen-bond acceptors (Lipinski definition) is 6. The lowest BCUT2D eigenvalue weighted by Crippen LogP contribution is -2.40. The molecule has 0 spiro atoms. The number of carbonyl (C=O) groups is 1. The molecule has 0 radical (unpaired) electrons. The first kappa shape index (κ1) is 22.0. The van der Waals surface area contributed by atoms with Crippen LogP contribution in [0.2, 0.25) is 0 Å². The Hall–Kier alpha value is -2.17. The van der Waals surface area contributed by atoms with Crippen molar-refractivity contribution in [1.82, 2.24) is 4.31 Å². The zero-order valence-electron chi connectivity index (χ0n) is 16.7. The minimum Gasteiger partial charge on any atom is -0.379 e. The molecule has 1 amide bonds. The highest BCUT2D eigenvalue weighted by atomic mass is 32.2. The molecule has 0 saturated carbocycles. The van der Waals surface area contributed by atoms with Crippen LogP contribution in [0.5, 0.6) is 0 Å². The van der Waals surface area contributed by atoms with E-state index in [1.54, 1.807) is 47.4 Å². The van der Waals surface area contributed by atoms with Gasteiger partial charge in [0.15, 0.2) is 0 Å². The lowest BCUT2D eigenvalue weighted by molar-refractivity contribution is 0.0730. The molecule has 3 aromatic rings. The van der Waals surface area contributed by atoms with Crippen LogP contribution in [-0.4, -0.2) is 44.9 Å². The Labute approximate surface area is 190 Å². The molecule has 1 saturated heterocycles. The van der Waals surface area contributed by atoms with E-state index in [0.717, 1.165) is 10.6 Å². The van der Waals surface area contributed by atoms with Crippen molar-refractivity contribution in [2.45, 2.75) is 15.5 Å². The number of anilines is 1. The van der Waals surface area contributed by atoms with Crippen LogP contribution < -0.4 is 5.32 Å². The smallest absolute Gasteiger partial charge is 0.256 e. The van der Waals surface area contributed by atoms with E-state index in [4.69, 9.17) is 4.74 Å². The fourth-order valence-electron chi connectivity index (χ4n) is 3.18.